The third-order valence-electron chi connectivity index (χ3n) is 4.33. The standard InChI is InChI=1S/C18H32N2/c1-6-9-10-16(7-2)13-20(8-3)18-12-14(4)17(19)11-15(18)5/h11-12,16H,6-10,13,19H2,1-5H3. The summed E-state index contributed by atoms with van der Waals surface area (Å²) < 4.78 is 0. The Morgan fingerprint density at radius 3 is 2.35 bits per heavy atom. The highest BCUT2D eigenvalue weighted by molar-refractivity contribution is 5.63. The van der Waals surface area contributed by atoms with E-state index in [2.05, 4.69) is 51.7 Å². The summed E-state index contributed by atoms with van der Waals surface area (Å²) in [6, 6.07) is 4.36. The fraction of sp³-hybridized carbons (Fsp3) is 0.667. The molecule has 0 aliphatic heterocycles. The van der Waals surface area contributed by atoms with Gasteiger partial charge in [0.05, 0.1) is 0 Å². The predicted molar refractivity (Wildman–Crippen MR) is 91.5 cm³/mol. The molecule has 0 saturated heterocycles. The first-order chi connectivity index (χ1) is 9.53. The molecule has 0 amide bonds. The van der Waals surface area contributed by atoms with Crippen LogP contribution in [0.3, 0.4) is 0 Å². The molecule has 114 valence electrons. The van der Waals surface area contributed by atoms with E-state index in [1.165, 1.54) is 42.5 Å². The number of anilines is 2. The lowest BCUT2D eigenvalue weighted by Crippen LogP contribution is -2.30. The molecule has 1 rings (SSSR count). The van der Waals surface area contributed by atoms with Crippen molar-refractivity contribution in [1.29, 1.82) is 0 Å². The van der Waals surface area contributed by atoms with Gasteiger partial charge in [0.2, 0.25) is 0 Å². The number of nitrogen functional groups attached to an aromatic ring is 1. The van der Waals surface area contributed by atoms with E-state index in [1.54, 1.807) is 0 Å². The van der Waals surface area contributed by atoms with Crippen LogP contribution in [-0.4, -0.2) is 13.1 Å². The van der Waals surface area contributed by atoms with Crippen molar-refractivity contribution < 1.29 is 0 Å². The van der Waals surface area contributed by atoms with Crippen molar-refractivity contribution in [3.8, 4) is 0 Å². The molecule has 2 N–H and O–H groups in total. The fourth-order valence-electron chi connectivity index (χ4n) is 2.79. The maximum atomic E-state index is 6.01. The molecule has 0 aromatic heterocycles. The van der Waals surface area contributed by atoms with Gasteiger partial charge in [0.1, 0.15) is 0 Å². The third-order valence-corrected chi connectivity index (χ3v) is 4.33. The zero-order chi connectivity index (χ0) is 15.1. The number of benzene rings is 1. The minimum atomic E-state index is 0.798. The van der Waals surface area contributed by atoms with Gasteiger partial charge in [-0.3, -0.25) is 0 Å². The summed E-state index contributed by atoms with van der Waals surface area (Å²) >= 11 is 0. The van der Waals surface area contributed by atoms with E-state index in [0.29, 0.717) is 0 Å². The van der Waals surface area contributed by atoms with Crippen molar-refractivity contribution in [3.05, 3.63) is 23.3 Å². The van der Waals surface area contributed by atoms with E-state index in [9.17, 15) is 0 Å². The Labute approximate surface area is 125 Å². The zero-order valence-corrected chi connectivity index (χ0v) is 14.0. The number of nitrogens with two attached hydrogens (primary N) is 1. The lowest BCUT2D eigenvalue weighted by Gasteiger charge is -2.30. The Bertz CT molecular complexity index is 412. The highest BCUT2D eigenvalue weighted by atomic mass is 15.1. The van der Waals surface area contributed by atoms with E-state index in [-0.39, 0.29) is 0 Å². The van der Waals surface area contributed by atoms with Gasteiger partial charge in [0, 0.05) is 24.5 Å². The van der Waals surface area contributed by atoms with E-state index >= 15 is 0 Å². The first-order valence-corrected chi connectivity index (χ1v) is 8.15. The number of nitrogens with zero attached hydrogens (tertiary/aromatic N) is 1. The molecule has 1 unspecified atom stereocenters. The largest absolute Gasteiger partial charge is 0.399 e. The van der Waals surface area contributed by atoms with Gasteiger partial charge in [-0.1, -0.05) is 33.1 Å². The fourth-order valence-corrected chi connectivity index (χ4v) is 2.79. The number of hydrogen-bond donors (Lipinski definition) is 1. The number of aryl methyl sites for hydroxylation is 2. The van der Waals surface area contributed by atoms with Gasteiger partial charge in [0.15, 0.2) is 0 Å². The van der Waals surface area contributed by atoms with Crippen molar-refractivity contribution >= 4 is 11.4 Å². The van der Waals surface area contributed by atoms with E-state index in [4.69, 9.17) is 5.73 Å². The first-order valence-electron chi connectivity index (χ1n) is 8.15. The molecule has 1 aromatic rings. The van der Waals surface area contributed by atoms with Gasteiger partial charge >= 0.3 is 0 Å². The molecule has 0 saturated carbocycles. The summed E-state index contributed by atoms with van der Waals surface area (Å²) in [5, 5.41) is 0. The Balaban J connectivity index is 2.87. The average molecular weight is 276 g/mol. The minimum Gasteiger partial charge on any atom is -0.399 e. The van der Waals surface area contributed by atoms with Crippen molar-refractivity contribution in [1.82, 2.24) is 0 Å². The van der Waals surface area contributed by atoms with Crippen LogP contribution in [0, 0.1) is 19.8 Å². The SMILES string of the molecule is CCCCC(CC)CN(CC)c1cc(C)c(N)cc1C. The quantitative estimate of drug-likeness (QED) is 0.682. The Kier molecular flexibility index (Phi) is 6.90. The maximum absolute atomic E-state index is 6.01. The normalized spacial score (nSPS) is 12.4. The minimum absolute atomic E-state index is 0.798. The molecule has 0 aliphatic carbocycles. The van der Waals surface area contributed by atoms with Crippen molar-refractivity contribution in [3.63, 3.8) is 0 Å². The lowest BCUT2D eigenvalue weighted by molar-refractivity contribution is 0.448. The van der Waals surface area contributed by atoms with Crippen LogP contribution >= 0.6 is 0 Å². The maximum Gasteiger partial charge on any atom is 0.0400 e. The van der Waals surface area contributed by atoms with Gasteiger partial charge in [-0.05, 0) is 56.4 Å². The van der Waals surface area contributed by atoms with Crippen molar-refractivity contribution in [2.24, 2.45) is 5.92 Å². The number of hydrogen-bond acceptors (Lipinski definition) is 2. The highest BCUT2D eigenvalue weighted by Gasteiger charge is 2.14. The third kappa shape index (κ3) is 4.43. The second kappa shape index (κ2) is 8.18. The van der Waals surface area contributed by atoms with Crippen LogP contribution in [0.2, 0.25) is 0 Å². The molecular weight excluding hydrogens is 244 g/mol. The molecule has 0 bridgehead atoms. The summed E-state index contributed by atoms with van der Waals surface area (Å²) in [6.07, 6.45) is 5.25. The molecule has 20 heavy (non-hydrogen) atoms. The van der Waals surface area contributed by atoms with Gasteiger partial charge in [-0.2, -0.15) is 0 Å². The number of unbranched alkanes of at least 4 members (excludes halogenated alkanes) is 1. The van der Waals surface area contributed by atoms with Crippen LogP contribution in [0.25, 0.3) is 0 Å². The Hall–Kier alpha value is -1.18. The van der Waals surface area contributed by atoms with Crippen molar-refractivity contribution in [2.45, 2.75) is 60.3 Å². The lowest BCUT2D eigenvalue weighted by atomic mass is 9.97. The Morgan fingerprint density at radius 2 is 1.80 bits per heavy atom. The van der Waals surface area contributed by atoms with Crippen LogP contribution in [0.5, 0.6) is 0 Å². The van der Waals surface area contributed by atoms with Crippen LogP contribution < -0.4 is 10.6 Å². The van der Waals surface area contributed by atoms with Gasteiger partial charge < -0.3 is 10.6 Å². The second-order valence-electron chi connectivity index (χ2n) is 5.95. The van der Waals surface area contributed by atoms with Crippen LogP contribution in [0.4, 0.5) is 11.4 Å². The molecule has 1 atom stereocenters. The molecule has 0 heterocycles. The van der Waals surface area contributed by atoms with E-state index in [0.717, 1.165) is 24.7 Å². The predicted octanol–water partition coefficient (Wildman–Crippen LogP) is 4.93. The molecule has 0 spiro atoms. The molecule has 2 heteroatoms. The molecule has 0 fully saturated rings. The van der Waals surface area contributed by atoms with Gasteiger partial charge in [0.25, 0.3) is 0 Å². The summed E-state index contributed by atoms with van der Waals surface area (Å²) in [6.45, 7) is 13.3. The monoisotopic (exact) mass is 276 g/mol. The van der Waals surface area contributed by atoms with Crippen molar-refractivity contribution in [2.75, 3.05) is 23.7 Å². The molecule has 0 aliphatic rings. The second-order valence-corrected chi connectivity index (χ2v) is 5.95. The molecular formula is C18H32N2. The highest BCUT2D eigenvalue weighted by Crippen LogP contribution is 2.27. The smallest absolute Gasteiger partial charge is 0.0400 e. The summed E-state index contributed by atoms with van der Waals surface area (Å²) in [7, 11) is 0. The number of rotatable bonds is 8. The summed E-state index contributed by atoms with van der Waals surface area (Å²) in [5.41, 5.74) is 10.7. The summed E-state index contributed by atoms with van der Waals surface area (Å²) in [4.78, 5) is 2.52. The zero-order valence-electron chi connectivity index (χ0n) is 14.0. The van der Waals surface area contributed by atoms with Crippen LogP contribution in [0.1, 0.15) is 57.6 Å². The van der Waals surface area contributed by atoms with Gasteiger partial charge in [-0.25, -0.2) is 0 Å². The average Bonchev–Trinajstić information content (AvgIpc) is 2.44. The van der Waals surface area contributed by atoms with Crippen LogP contribution in [-0.2, 0) is 0 Å². The molecule has 0 radical (unpaired) electrons. The summed E-state index contributed by atoms with van der Waals surface area (Å²) in [5.74, 6) is 0.798. The molecule has 1 aromatic carbocycles. The molecule has 2 nitrogen and oxygen atoms in total. The van der Waals surface area contributed by atoms with Gasteiger partial charge in [-0.15, -0.1) is 0 Å². The van der Waals surface area contributed by atoms with Crippen LogP contribution in [0.15, 0.2) is 12.1 Å². The van der Waals surface area contributed by atoms with E-state index in [1.807, 2.05) is 0 Å². The Morgan fingerprint density at radius 1 is 1.10 bits per heavy atom. The first kappa shape index (κ1) is 16.9. The topological polar surface area (TPSA) is 29.3 Å². The van der Waals surface area contributed by atoms with E-state index < -0.39 is 0 Å².